The Morgan fingerprint density at radius 1 is 1.80 bits per heavy atom. The van der Waals surface area contributed by atoms with Gasteiger partial charge in [0.2, 0.25) is 5.72 Å². The number of nitrogens with zero attached hydrogens (tertiary/aromatic N) is 1. The molecule has 0 saturated heterocycles. The molecule has 0 radical (unpaired) electrons. The highest BCUT2D eigenvalue weighted by Gasteiger charge is 2.27. The van der Waals surface area contributed by atoms with E-state index in [1.165, 1.54) is 6.92 Å². The van der Waals surface area contributed by atoms with Crippen molar-refractivity contribution in [1.29, 1.82) is 0 Å². The van der Waals surface area contributed by atoms with E-state index >= 15 is 0 Å². The minimum Gasteiger partial charge on any atom is -0.393 e. The van der Waals surface area contributed by atoms with E-state index in [-0.39, 0.29) is 13.0 Å². The number of rotatable bonds is 4. The maximum atomic E-state index is 9.90. The van der Waals surface area contributed by atoms with Gasteiger partial charge in [-0.1, -0.05) is 0 Å². The van der Waals surface area contributed by atoms with E-state index in [9.17, 15) is 4.91 Å². The van der Waals surface area contributed by atoms with Crippen LogP contribution in [0.25, 0.3) is 0 Å². The van der Waals surface area contributed by atoms with E-state index in [1.54, 1.807) is 0 Å². The standard InChI is InChI=1S/C5H12N2O3/c1-4(8)2-5(9,3-6)7-10/h4,8-9H,2-3,6H2,1H3. The summed E-state index contributed by atoms with van der Waals surface area (Å²) in [4.78, 5) is 9.90. The van der Waals surface area contributed by atoms with E-state index in [0.717, 1.165) is 0 Å². The van der Waals surface area contributed by atoms with Crippen LogP contribution < -0.4 is 5.73 Å². The number of hydrogen-bond acceptors (Lipinski definition) is 5. The molecule has 2 unspecified atom stereocenters. The highest BCUT2D eigenvalue weighted by molar-refractivity contribution is 4.77. The number of aliphatic hydroxyl groups excluding tert-OH is 1. The molecule has 0 aromatic rings. The molecular weight excluding hydrogens is 136 g/mol. The topological polar surface area (TPSA) is 95.9 Å². The van der Waals surface area contributed by atoms with Gasteiger partial charge in [-0.05, 0) is 12.1 Å². The van der Waals surface area contributed by atoms with Crippen LogP contribution in [-0.4, -0.2) is 28.6 Å². The van der Waals surface area contributed by atoms with E-state index in [1.807, 2.05) is 0 Å². The van der Waals surface area contributed by atoms with Gasteiger partial charge in [-0.25, -0.2) is 0 Å². The van der Waals surface area contributed by atoms with Crippen molar-refractivity contribution in [3.63, 3.8) is 0 Å². The number of hydrogen-bond donors (Lipinski definition) is 3. The maximum Gasteiger partial charge on any atom is 0.212 e. The molecule has 4 N–H and O–H groups in total. The van der Waals surface area contributed by atoms with Crippen LogP contribution in [0, 0.1) is 4.91 Å². The maximum absolute atomic E-state index is 9.90. The molecule has 5 heteroatoms. The summed E-state index contributed by atoms with van der Waals surface area (Å²) in [6, 6.07) is 0. The van der Waals surface area contributed by atoms with Crippen molar-refractivity contribution in [2.24, 2.45) is 10.9 Å². The van der Waals surface area contributed by atoms with Crippen molar-refractivity contribution in [1.82, 2.24) is 0 Å². The van der Waals surface area contributed by atoms with Crippen molar-refractivity contribution < 1.29 is 10.2 Å². The number of nitroso groups, excluding NO2 is 1. The van der Waals surface area contributed by atoms with Gasteiger partial charge < -0.3 is 15.9 Å². The smallest absolute Gasteiger partial charge is 0.212 e. The summed E-state index contributed by atoms with van der Waals surface area (Å²) in [5, 5.41) is 20.2. The predicted octanol–water partition coefficient (Wildman–Crippen LogP) is -0.829. The lowest BCUT2D eigenvalue weighted by atomic mass is 10.1. The Morgan fingerprint density at radius 2 is 2.30 bits per heavy atom. The van der Waals surface area contributed by atoms with E-state index < -0.39 is 11.8 Å². The summed E-state index contributed by atoms with van der Waals surface area (Å²) in [7, 11) is 0. The van der Waals surface area contributed by atoms with Crippen molar-refractivity contribution in [2.75, 3.05) is 6.54 Å². The molecule has 0 aliphatic carbocycles. The summed E-state index contributed by atoms with van der Waals surface area (Å²) in [6.45, 7) is 1.19. The second-order valence-electron chi connectivity index (χ2n) is 2.33. The number of nitrogens with two attached hydrogens (primary N) is 1. The lowest BCUT2D eigenvalue weighted by Crippen LogP contribution is -2.38. The summed E-state index contributed by atoms with van der Waals surface area (Å²) in [5.41, 5.74) is 3.21. The second-order valence-corrected chi connectivity index (χ2v) is 2.33. The molecule has 0 fully saturated rings. The monoisotopic (exact) mass is 148 g/mol. The molecule has 0 aromatic heterocycles. The summed E-state index contributed by atoms with van der Waals surface area (Å²) < 4.78 is 0. The van der Waals surface area contributed by atoms with Crippen molar-refractivity contribution in [2.45, 2.75) is 25.2 Å². The second kappa shape index (κ2) is 3.60. The minimum atomic E-state index is -1.80. The van der Waals surface area contributed by atoms with Crippen LogP contribution in [0.4, 0.5) is 0 Å². The van der Waals surface area contributed by atoms with Crippen molar-refractivity contribution >= 4 is 0 Å². The molecule has 2 atom stereocenters. The van der Waals surface area contributed by atoms with Crippen LogP contribution >= 0.6 is 0 Å². The molecule has 0 rings (SSSR count). The third-order valence-electron chi connectivity index (χ3n) is 1.12. The molecule has 60 valence electrons. The van der Waals surface area contributed by atoms with Gasteiger partial charge >= 0.3 is 0 Å². The van der Waals surface area contributed by atoms with Gasteiger partial charge in [0, 0.05) is 13.0 Å². The fraction of sp³-hybridized carbons (Fsp3) is 1.00. The Labute approximate surface area is 58.8 Å². The third-order valence-corrected chi connectivity index (χ3v) is 1.12. The average molecular weight is 148 g/mol. The molecule has 0 saturated carbocycles. The Hall–Kier alpha value is -0.520. The van der Waals surface area contributed by atoms with Crippen LogP contribution in [0.5, 0.6) is 0 Å². The molecule has 0 heterocycles. The summed E-state index contributed by atoms with van der Waals surface area (Å²) in [6.07, 6.45) is -0.890. The molecular formula is C5H12N2O3. The lowest BCUT2D eigenvalue weighted by Gasteiger charge is -2.18. The quantitative estimate of drug-likeness (QED) is 0.453. The highest BCUT2D eigenvalue weighted by Crippen LogP contribution is 2.11. The molecule has 0 bridgehead atoms. The molecule has 0 aliphatic rings. The molecule has 0 aliphatic heterocycles. The van der Waals surface area contributed by atoms with E-state index in [4.69, 9.17) is 15.9 Å². The zero-order valence-electron chi connectivity index (χ0n) is 5.82. The lowest BCUT2D eigenvalue weighted by molar-refractivity contribution is 0.00733. The SMILES string of the molecule is CC(O)CC(O)(CN)N=O. The summed E-state index contributed by atoms with van der Waals surface area (Å²) >= 11 is 0. The highest BCUT2D eigenvalue weighted by atomic mass is 16.4. The fourth-order valence-electron chi connectivity index (χ4n) is 0.631. The van der Waals surface area contributed by atoms with Crippen LogP contribution in [0.15, 0.2) is 5.18 Å². The zero-order valence-corrected chi connectivity index (χ0v) is 5.82. The first-order valence-electron chi connectivity index (χ1n) is 2.99. The molecule has 5 nitrogen and oxygen atoms in total. The van der Waals surface area contributed by atoms with Crippen molar-refractivity contribution in [3.05, 3.63) is 4.91 Å². The fourth-order valence-corrected chi connectivity index (χ4v) is 0.631. The third kappa shape index (κ3) is 2.86. The van der Waals surface area contributed by atoms with Crippen molar-refractivity contribution in [3.8, 4) is 0 Å². The van der Waals surface area contributed by atoms with Gasteiger partial charge in [0.05, 0.1) is 6.10 Å². The number of aliphatic hydroxyl groups is 2. The molecule has 0 amide bonds. The largest absolute Gasteiger partial charge is 0.393 e. The first-order chi connectivity index (χ1) is 4.54. The van der Waals surface area contributed by atoms with Gasteiger partial charge in [0.25, 0.3) is 0 Å². The first kappa shape index (κ1) is 9.48. The molecule has 0 spiro atoms. The Balaban J connectivity index is 3.92. The Morgan fingerprint density at radius 3 is 2.40 bits per heavy atom. The van der Waals surface area contributed by atoms with Crippen LogP contribution in [0.1, 0.15) is 13.3 Å². The minimum absolute atomic E-state index is 0.118. The predicted molar refractivity (Wildman–Crippen MR) is 36.1 cm³/mol. The average Bonchev–Trinajstić information content (AvgIpc) is 1.87. The summed E-state index contributed by atoms with van der Waals surface area (Å²) in [5.74, 6) is 0. The first-order valence-corrected chi connectivity index (χ1v) is 2.99. The Bertz CT molecular complexity index is 117. The van der Waals surface area contributed by atoms with Crippen LogP contribution in [-0.2, 0) is 0 Å². The van der Waals surface area contributed by atoms with Crippen LogP contribution in [0.3, 0.4) is 0 Å². The molecule has 10 heavy (non-hydrogen) atoms. The van der Waals surface area contributed by atoms with Gasteiger partial charge in [0.15, 0.2) is 0 Å². The van der Waals surface area contributed by atoms with Gasteiger partial charge in [-0.3, -0.25) is 0 Å². The Kier molecular flexibility index (Phi) is 3.41. The van der Waals surface area contributed by atoms with Gasteiger partial charge in [0.1, 0.15) is 0 Å². The zero-order chi connectivity index (χ0) is 8.20. The molecule has 0 aromatic carbocycles. The van der Waals surface area contributed by atoms with Gasteiger partial charge in [-0.15, -0.1) is 4.91 Å². The van der Waals surface area contributed by atoms with E-state index in [0.29, 0.717) is 0 Å². The van der Waals surface area contributed by atoms with Crippen LogP contribution in [0.2, 0.25) is 0 Å². The van der Waals surface area contributed by atoms with Gasteiger partial charge in [-0.2, -0.15) is 0 Å². The van der Waals surface area contributed by atoms with E-state index in [2.05, 4.69) is 5.18 Å². The normalized spacial score (nSPS) is 19.6.